The predicted octanol–water partition coefficient (Wildman–Crippen LogP) is 3.36. The second kappa shape index (κ2) is 7.60. The Morgan fingerprint density at radius 3 is 2.78 bits per heavy atom. The minimum Gasteiger partial charge on any atom is -0.465 e. The molecule has 0 aliphatic carbocycles. The summed E-state index contributed by atoms with van der Waals surface area (Å²) in [4.78, 5) is 24.6. The van der Waals surface area contributed by atoms with E-state index in [1.165, 1.54) is 24.5 Å². The van der Waals surface area contributed by atoms with Crippen LogP contribution in [0.5, 0.6) is 0 Å². The van der Waals surface area contributed by atoms with Crippen LogP contribution in [0.1, 0.15) is 22.2 Å². The fourth-order valence-corrected chi connectivity index (χ4v) is 2.92. The van der Waals surface area contributed by atoms with E-state index in [2.05, 4.69) is 0 Å². The van der Waals surface area contributed by atoms with E-state index in [9.17, 15) is 9.59 Å². The van der Waals surface area contributed by atoms with Crippen molar-refractivity contribution in [3.63, 3.8) is 0 Å². The van der Waals surface area contributed by atoms with Crippen LogP contribution in [0, 0.1) is 0 Å². The van der Waals surface area contributed by atoms with E-state index < -0.39 is 5.97 Å². The van der Waals surface area contributed by atoms with Crippen LogP contribution in [0.3, 0.4) is 0 Å². The maximum absolute atomic E-state index is 11.6. The zero-order chi connectivity index (χ0) is 16.8. The van der Waals surface area contributed by atoms with Gasteiger partial charge in [-0.15, -0.1) is 11.3 Å². The number of anilines is 1. The number of hydrogen-bond donors (Lipinski definition) is 1. The number of carbonyl (C=O) groups is 2. The lowest BCUT2D eigenvalue weighted by Gasteiger charge is -2.01. The van der Waals surface area contributed by atoms with Gasteiger partial charge < -0.3 is 15.2 Å². The lowest BCUT2D eigenvalue weighted by Crippen LogP contribution is -2.00. The first-order valence-corrected chi connectivity index (χ1v) is 7.79. The second-order valence-corrected chi connectivity index (χ2v) is 5.67. The van der Waals surface area contributed by atoms with Gasteiger partial charge in [-0.25, -0.2) is 9.59 Å². The van der Waals surface area contributed by atoms with Gasteiger partial charge >= 0.3 is 11.9 Å². The molecule has 23 heavy (non-hydrogen) atoms. The summed E-state index contributed by atoms with van der Waals surface area (Å²) in [7, 11) is 1.34. The van der Waals surface area contributed by atoms with Crippen LogP contribution in [0.25, 0.3) is 16.5 Å². The predicted molar refractivity (Wildman–Crippen MR) is 91.2 cm³/mol. The SMILES string of the molecule is CCOC(=O)/C=C/c1sc(-c2cccc(C(=O)OC)c2)cc1N. The molecule has 2 rings (SSSR count). The third-order valence-corrected chi connectivity index (χ3v) is 4.18. The topological polar surface area (TPSA) is 78.6 Å². The summed E-state index contributed by atoms with van der Waals surface area (Å²) < 4.78 is 9.56. The van der Waals surface area contributed by atoms with E-state index in [0.29, 0.717) is 17.9 Å². The number of nitrogens with two attached hydrogens (primary N) is 1. The van der Waals surface area contributed by atoms with E-state index in [4.69, 9.17) is 15.2 Å². The molecule has 6 heteroatoms. The van der Waals surface area contributed by atoms with Gasteiger partial charge in [0.25, 0.3) is 0 Å². The summed E-state index contributed by atoms with van der Waals surface area (Å²) in [6, 6.07) is 8.91. The van der Waals surface area contributed by atoms with Gasteiger partial charge in [-0.1, -0.05) is 12.1 Å². The Morgan fingerprint density at radius 1 is 1.30 bits per heavy atom. The van der Waals surface area contributed by atoms with Gasteiger partial charge in [-0.2, -0.15) is 0 Å². The fraction of sp³-hybridized carbons (Fsp3) is 0.176. The van der Waals surface area contributed by atoms with Gasteiger partial charge in [-0.3, -0.25) is 0 Å². The molecule has 120 valence electrons. The quantitative estimate of drug-likeness (QED) is 0.671. The van der Waals surface area contributed by atoms with Crippen molar-refractivity contribution in [3.05, 3.63) is 46.8 Å². The van der Waals surface area contributed by atoms with Crippen molar-refractivity contribution in [1.82, 2.24) is 0 Å². The molecule has 0 spiro atoms. The minimum absolute atomic E-state index is 0.328. The fourth-order valence-electron chi connectivity index (χ4n) is 1.94. The van der Waals surface area contributed by atoms with Gasteiger partial charge in [-0.05, 0) is 36.8 Å². The second-order valence-electron chi connectivity index (χ2n) is 4.59. The number of nitrogen functional groups attached to an aromatic ring is 1. The third kappa shape index (κ3) is 4.20. The van der Waals surface area contributed by atoms with Crippen LogP contribution in [0.4, 0.5) is 5.69 Å². The highest BCUT2D eigenvalue weighted by molar-refractivity contribution is 7.17. The molecule has 5 nitrogen and oxygen atoms in total. The Morgan fingerprint density at radius 2 is 2.09 bits per heavy atom. The Labute approximate surface area is 138 Å². The van der Waals surface area contributed by atoms with Gasteiger partial charge in [0.15, 0.2) is 0 Å². The van der Waals surface area contributed by atoms with Crippen LogP contribution in [-0.4, -0.2) is 25.7 Å². The molecule has 1 aromatic heterocycles. The number of rotatable bonds is 5. The van der Waals surface area contributed by atoms with Crippen molar-refractivity contribution in [2.45, 2.75) is 6.92 Å². The first-order valence-electron chi connectivity index (χ1n) is 6.98. The number of esters is 2. The molecule has 2 aromatic rings. The first kappa shape index (κ1) is 16.8. The number of ether oxygens (including phenoxy) is 2. The largest absolute Gasteiger partial charge is 0.465 e. The molecule has 0 atom stereocenters. The zero-order valence-corrected chi connectivity index (χ0v) is 13.7. The number of carbonyl (C=O) groups excluding carboxylic acids is 2. The lowest BCUT2D eigenvalue weighted by molar-refractivity contribution is -0.137. The molecule has 0 fully saturated rings. The molecule has 0 unspecified atom stereocenters. The van der Waals surface area contributed by atoms with E-state index in [-0.39, 0.29) is 5.97 Å². The summed E-state index contributed by atoms with van der Waals surface area (Å²) in [5, 5.41) is 0. The Balaban J connectivity index is 2.27. The molecular formula is C17H17NO4S. The molecule has 2 N–H and O–H groups in total. The monoisotopic (exact) mass is 331 g/mol. The van der Waals surface area contributed by atoms with E-state index in [1.807, 2.05) is 12.1 Å². The van der Waals surface area contributed by atoms with Crippen LogP contribution in [0.15, 0.2) is 36.4 Å². The molecule has 0 saturated heterocycles. The molecule has 0 aliphatic rings. The first-order chi connectivity index (χ1) is 11.0. The molecule has 1 aromatic carbocycles. The zero-order valence-electron chi connectivity index (χ0n) is 12.9. The molecule has 0 aliphatic heterocycles. The highest BCUT2D eigenvalue weighted by atomic mass is 32.1. The van der Waals surface area contributed by atoms with Crippen molar-refractivity contribution in [2.24, 2.45) is 0 Å². The van der Waals surface area contributed by atoms with Gasteiger partial charge in [0, 0.05) is 11.0 Å². The lowest BCUT2D eigenvalue weighted by atomic mass is 10.1. The van der Waals surface area contributed by atoms with Gasteiger partial charge in [0.2, 0.25) is 0 Å². The van der Waals surface area contributed by atoms with Gasteiger partial charge in [0.1, 0.15) is 0 Å². The van der Waals surface area contributed by atoms with Crippen molar-refractivity contribution >= 4 is 35.0 Å². The molecule has 0 amide bonds. The van der Waals surface area contributed by atoms with E-state index >= 15 is 0 Å². The van der Waals surface area contributed by atoms with Crippen LogP contribution in [-0.2, 0) is 14.3 Å². The van der Waals surface area contributed by atoms with Crippen molar-refractivity contribution in [3.8, 4) is 10.4 Å². The Bertz CT molecular complexity index is 749. The summed E-state index contributed by atoms with van der Waals surface area (Å²) >= 11 is 1.43. The maximum Gasteiger partial charge on any atom is 0.337 e. The van der Waals surface area contributed by atoms with Crippen molar-refractivity contribution < 1.29 is 19.1 Å². The summed E-state index contributed by atoms with van der Waals surface area (Å²) in [6.45, 7) is 2.08. The standard InChI is InChI=1S/C17H17NO4S/c1-3-22-16(19)8-7-14-13(18)10-15(23-14)11-5-4-6-12(9-11)17(20)21-2/h4-10H,3,18H2,1-2H3/b8-7+. The van der Waals surface area contributed by atoms with Crippen LogP contribution < -0.4 is 5.73 Å². The number of hydrogen-bond acceptors (Lipinski definition) is 6. The molecule has 0 radical (unpaired) electrons. The number of benzene rings is 1. The Hall–Kier alpha value is -2.60. The van der Waals surface area contributed by atoms with Crippen LogP contribution in [0.2, 0.25) is 0 Å². The minimum atomic E-state index is -0.408. The smallest absolute Gasteiger partial charge is 0.337 e. The highest BCUT2D eigenvalue weighted by Gasteiger charge is 2.10. The molecule has 0 saturated carbocycles. The third-order valence-electron chi connectivity index (χ3n) is 3.02. The number of methoxy groups -OCH3 is 1. The summed E-state index contributed by atoms with van der Waals surface area (Å²) in [5.74, 6) is -0.798. The maximum atomic E-state index is 11.6. The average molecular weight is 331 g/mol. The van der Waals surface area contributed by atoms with Crippen molar-refractivity contribution in [1.29, 1.82) is 0 Å². The normalized spacial score (nSPS) is 10.7. The van der Waals surface area contributed by atoms with Crippen molar-refractivity contribution in [2.75, 3.05) is 19.5 Å². The highest BCUT2D eigenvalue weighted by Crippen LogP contribution is 2.34. The molecule has 1 heterocycles. The summed E-state index contributed by atoms with van der Waals surface area (Å²) in [5.41, 5.74) is 7.88. The van der Waals surface area contributed by atoms with E-state index in [0.717, 1.165) is 15.3 Å². The van der Waals surface area contributed by atoms with E-state index in [1.54, 1.807) is 31.2 Å². The average Bonchev–Trinajstić information content (AvgIpc) is 2.93. The van der Waals surface area contributed by atoms with Gasteiger partial charge in [0.05, 0.1) is 29.8 Å². The Kier molecular flexibility index (Phi) is 5.54. The van der Waals surface area contributed by atoms with Crippen LogP contribution >= 0.6 is 11.3 Å². The summed E-state index contributed by atoms with van der Waals surface area (Å²) in [6.07, 6.45) is 2.98. The molecular weight excluding hydrogens is 314 g/mol. The number of thiophene rings is 1. The molecule has 0 bridgehead atoms.